The van der Waals surface area contributed by atoms with Crippen molar-refractivity contribution in [3.8, 4) is 0 Å². The lowest BCUT2D eigenvalue weighted by molar-refractivity contribution is 0.0687. The first-order valence-corrected chi connectivity index (χ1v) is 6.04. The van der Waals surface area contributed by atoms with Gasteiger partial charge < -0.3 is 10.3 Å². The molecule has 1 aromatic heterocycles. The summed E-state index contributed by atoms with van der Waals surface area (Å²) in [5, 5.41) is 24.8. The van der Waals surface area contributed by atoms with Gasteiger partial charge in [-0.2, -0.15) is 0 Å². The molecule has 0 aliphatic rings. The van der Waals surface area contributed by atoms with Crippen molar-refractivity contribution in [3.63, 3.8) is 0 Å². The highest BCUT2D eigenvalue weighted by molar-refractivity contribution is 5.86. The van der Waals surface area contributed by atoms with Gasteiger partial charge in [-0.05, 0) is 18.1 Å². The summed E-state index contributed by atoms with van der Waals surface area (Å²) in [6, 6.07) is 0. The molecule has 0 bridgehead atoms. The van der Waals surface area contributed by atoms with E-state index in [1.807, 2.05) is 0 Å². The highest BCUT2D eigenvalue weighted by atomic mass is 16.5. The Kier molecular flexibility index (Phi) is 5.45. The third-order valence-corrected chi connectivity index (χ3v) is 2.71. The van der Waals surface area contributed by atoms with E-state index in [4.69, 9.17) is 5.11 Å². The van der Waals surface area contributed by atoms with Gasteiger partial charge in [0.2, 0.25) is 0 Å². The summed E-state index contributed by atoms with van der Waals surface area (Å²) in [5.41, 5.74) is 0.133. The third kappa shape index (κ3) is 4.05. The van der Waals surface area contributed by atoms with Gasteiger partial charge in [0.25, 0.3) is 0 Å². The number of nitrogens with zero attached hydrogens (tertiary/aromatic N) is 3. The van der Waals surface area contributed by atoms with E-state index in [2.05, 4.69) is 17.2 Å². The van der Waals surface area contributed by atoms with E-state index in [9.17, 15) is 10.0 Å². The van der Waals surface area contributed by atoms with Crippen LogP contribution in [0.3, 0.4) is 0 Å². The van der Waals surface area contributed by atoms with Gasteiger partial charge in [-0.25, -0.2) is 4.79 Å². The molecule has 2 N–H and O–H groups in total. The van der Waals surface area contributed by atoms with Gasteiger partial charge >= 0.3 is 5.97 Å². The largest absolute Gasteiger partial charge is 0.476 e. The van der Waals surface area contributed by atoms with E-state index in [1.165, 1.54) is 19.3 Å². The lowest BCUT2D eigenvalue weighted by Crippen LogP contribution is -2.06. The van der Waals surface area contributed by atoms with Crippen LogP contribution < -0.4 is 0 Å². The zero-order chi connectivity index (χ0) is 12.7. The van der Waals surface area contributed by atoms with Gasteiger partial charge in [0.05, 0.1) is 0 Å². The molecule has 0 amide bonds. The molecule has 6 nitrogen and oxygen atoms in total. The average Bonchev–Trinajstić information content (AvgIpc) is 2.65. The Labute approximate surface area is 100 Å². The fourth-order valence-electron chi connectivity index (χ4n) is 1.75. The van der Waals surface area contributed by atoms with Crippen LogP contribution in [0, 0.1) is 0 Å². The van der Waals surface area contributed by atoms with E-state index in [0.29, 0.717) is 11.3 Å². The first-order chi connectivity index (χ1) is 8.16. The molecule has 6 heteroatoms. The van der Waals surface area contributed by atoms with Crippen LogP contribution in [0.4, 0.5) is 0 Å². The number of hydrogen-bond donors (Lipinski definition) is 2. The number of carbonyl (C=O) groups is 1. The van der Waals surface area contributed by atoms with Crippen molar-refractivity contribution in [2.45, 2.75) is 51.9 Å². The Morgan fingerprint density at radius 1 is 1.24 bits per heavy atom. The molecule has 1 heterocycles. The average molecular weight is 241 g/mol. The van der Waals surface area contributed by atoms with Crippen molar-refractivity contribution < 1.29 is 15.1 Å². The van der Waals surface area contributed by atoms with Gasteiger partial charge in [0.1, 0.15) is 5.69 Å². The normalized spacial score (nSPS) is 10.6. The first-order valence-electron chi connectivity index (χ1n) is 6.04. The summed E-state index contributed by atoms with van der Waals surface area (Å²) in [6.07, 6.45) is 7.16. The Morgan fingerprint density at radius 3 is 2.53 bits per heavy atom. The number of aromatic nitrogens is 3. The van der Waals surface area contributed by atoms with Gasteiger partial charge in [0, 0.05) is 0 Å². The van der Waals surface area contributed by atoms with Crippen LogP contribution >= 0.6 is 0 Å². The second kappa shape index (κ2) is 6.88. The molecule has 17 heavy (non-hydrogen) atoms. The standard InChI is InChI=1S/C11H19N3O3/c1-2-3-4-5-6-7-8-9-10(11(15)16)12-13-14(9)17/h17H,2-8H2,1H3,(H,15,16). The van der Waals surface area contributed by atoms with E-state index >= 15 is 0 Å². The molecule has 1 aromatic rings. The van der Waals surface area contributed by atoms with Crippen LogP contribution in [0.25, 0.3) is 0 Å². The summed E-state index contributed by atoms with van der Waals surface area (Å²) in [5.74, 6) is -1.15. The number of rotatable bonds is 8. The Bertz CT molecular complexity index is 363. The molecule has 1 rings (SSSR count). The van der Waals surface area contributed by atoms with E-state index < -0.39 is 5.97 Å². The quantitative estimate of drug-likeness (QED) is 0.537. The van der Waals surface area contributed by atoms with Crippen LogP contribution in [-0.4, -0.2) is 31.4 Å². The number of unbranched alkanes of at least 4 members (excludes halogenated alkanes) is 5. The van der Waals surface area contributed by atoms with Crippen molar-refractivity contribution in [2.24, 2.45) is 0 Å². The molecule has 0 saturated heterocycles. The van der Waals surface area contributed by atoms with Gasteiger partial charge in [-0.3, -0.25) is 0 Å². The van der Waals surface area contributed by atoms with Crippen LogP contribution in [-0.2, 0) is 6.42 Å². The summed E-state index contributed by atoms with van der Waals surface area (Å²) < 4.78 is 0. The minimum Gasteiger partial charge on any atom is -0.476 e. The summed E-state index contributed by atoms with van der Waals surface area (Å²) >= 11 is 0. The van der Waals surface area contributed by atoms with Crippen LogP contribution in [0.15, 0.2) is 0 Å². The summed E-state index contributed by atoms with van der Waals surface area (Å²) in [6.45, 7) is 2.16. The fraction of sp³-hybridized carbons (Fsp3) is 0.727. The molecule has 0 spiro atoms. The maximum absolute atomic E-state index is 10.8. The van der Waals surface area contributed by atoms with Crippen molar-refractivity contribution in [3.05, 3.63) is 11.4 Å². The number of carboxylic acid groups (broad SMARTS) is 1. The fourth-order valence-corrected chi connectivity index (χ4v) is 1.75. The summed E-state index contributed by atoms with van der Waals surface area (Å²) in [7, 11) is 0. The molecular formula is C11H19N3O3. The molecule has 96 valence electrons. The predicted octanol–water partition coefficient (Wildman–Crippen LogP) is 2.12. The highest BCUT2D eigenvalue weighted by Crippen LogP contribution is 2.11. The third-order valence-electron chi connectivity index (χ3n) is 2.71. The van der Waals surface area contributed by atoms with Crippen LogP contribution in [0.2, 0.25) is 0 Å². The minimum atomic E-state index is -1.15. The van der Waals surface area contributed by atoms with E-state index in [1.54, 1.807) is 0 Å². The lowest BCUT2D eigenvalue weighted by Gasteiger charge is -2.01. The van der Waals surface area contributed by atoms with Crippen molar-refractivity contribution in [1.82, 2.24) is 15.2 Å². The van der Waals surface area contributed by atoms with Crippen molar-refractivity contribution in [1.29, 1.82) is 0 Å². The van der Waals surface area contributed by atoms with Gasteiger partial charge in [-0.1, -0.05) is 43.9 Å². The van der Waals surface area contributed by atoms with Crippen LogP contribution in [0.1, 0.15) is 61.6 Å². The van der Waals surface area contributed by atoms with Crippen molar-refractivity contribution >= 4 is 5.97 Å². The topological polar surface area (TPSA) is 88.2 Å². The smallest absolute Gasteiger partial charge is 0.358 e. The van der Waals surface area contributed by atoms with Crippen molar-refractivity contribution in [2.75, 3.05) is 0 Å². The zero-order valence-corrected chi connectivity index (χ0v) is 10.1. The summed E-state index contributed by atoms with van der Waals surface area (Å²) in [4.78, 5) is 11.3. The van der Waals surface area contributed by atoms with Gasteiger partial charge in [0.15, 0.2) is 5.69 Å². The monoisotopic (exact) mass is 241 g/mol. The lowest BCUT2D eigenvalue weighted by atomic mass is 10.1. The molecule has 0 fully saturated rings. The first kappa shape index (κ1) is 13.5. The number of aromatic carboxylic acids is 1. The molecule has 0 radical (unpaired) electrons. The van der Waals surface area contributed by atoms with Crippen LogP contribution in [0.5, 0.6) is 0 Å². The van der Waals surface area contributed by atoms with E-state index in [0.717, 1.165) is 19.3 Å². The molecule has 0 aliphatic heterocycles. The Hall–Kier alpha value is -1.59. The molecular weight excluding hydrogens is 222 g/mol. The second-order valence-corrected chi connectivity index (χ2v) is 4.10. The number of carboxylic acids is 1. The molecule has 0 saturated carbocycles. The van der Waals surface area contributed by atoms with Gasteiger partial charge in [-0.15, -0.1) is 5.10 Å². The Morgan fingerprint density at radius 2 is 1.88 bits per heavy atom. The second-order valence-electron chi connectivity index (χ2n) is 4.10. The number of hydrogen-bond acceptors (Lipinski definition) is 4. The van der Waals surface area contributed by atoms with E-state index in [-0.39, 0.29) is 11.4 Å². The maximum atomic E-state index is 10.8. The zero-order valence-electron chi connectivity index (χ0n) is 10.1. The Balaban J connectivity index is 2.36. The highest BCUT2D eigenvalue weighted by Gasteiger charge is 2.18. The minimum absolute atomic E-state index is 0.152. The molecule has 0 atom stereocenters. The molecule has 0 aromatic carbocycles. The molecule has 0 unspecified atom stereocenters. The SMILES string of the molecule is CCCCCCCCc1c(C(=O)O)nnn1O. The maximum Gasteiger partial charge on any atom is 0.358 e. The molecule has 0 aliphatic carbocycles. The predicted molar refractivity (Wildman–Crippen MR) is 61.2 cm³/mol.